The van der Waals surface area contributed by atoms with Crippen LogP contribution >= 0.6 is 25.3 Å². The molecule has 0 aliphatic carbocycles. The topological polar surface area (TPSA) is 31.2 Å². The summed E-state index contributed by atoms with van der Waals surface area (Å²) in [6.45, 7) is 5.52. The Bertz CT molecular complexity index is 358. The lowest BCUT2D eigenvalue weighted by atomic mass is 10.2. The van der Waals surface area contributed by atoms with Crippen molar-refractivity contribution in [3.63, 3.8) is 0 Å². The number of thiol groups is 2. The largest absolute Gasteiger partial charge is 0.443 e. The molecule has 0 fully saturated rings. The van der Waals surface area contributed by atoms with Gasteiger partial charge in [-0.05, 0) is 31.9 Å². The highest BCUT2D eigenvalue weighted by Crippen LogP contribution is 2.17. The van der Waals surface area contributed by atoms with Crippen LogP contribution in [0.3, 0.4) is 0 Å². The van der Waals surface area contributed by atoms with Gasteiger partial charge in [0.1, 0.15) is 5.60 Å². The number of ether oxygens (including phenoxy) is 1. The highest BCUT2D eigenvalue weighted by Gasteiger charge is 2.18. The molecule has 1 rings (SSSR count). The molecule has 0 bridgehead atoms. The zero-order valence-electron chi connectivity index (χ0n) is 9.73. The van der Waals surface area contributed by atoms with Crippen LogP contribution in [0, 0.1) is 0 Å². The second-order valence-electron chi connectivity index (χ2n) is 4.51. The van der Waals surface area contributed by atoms with Crippen molar-refractivity contribution >= 4 is 31.4 Å². The van der Waals surface area contributed by atoms with Crippen molar-refractivity contribution in [3.05, 3.63) is 23.5 Å². The van der Waals surface area contributed by atoms with Crippen LogP contribution in [0.1, 0.15) is 31.9 Å². The number of rotatable bonds is 2. The van der Waals surface area contributed by atoms with Crippen LogP contribution in [0.25, 0.3) is 0 Å². The molecule has 90 valence electrons. The van der Waals surface area contributed by atoms with Gasteiger partial charge in [0.2, 0.25) is 0 Å². The summed E-state index contributed by atoms with van der Waals surface area (Å²) in [6, 6.07) is 0. The van der Waals surface area contributed by atoms with Gasteiger partial charge >= 0.3 is 6.09 Å². The predicted octanol–water partition coefficient (Wildman–Crippen LogP) is 3.13. The maximum absolute atomic E-state index is 11.7. The number of nitrogens with zero attached hydrogens (tertiary/aromatic N) is 1. The fourth-order valence-electron chi connectivity index (χ4n) is 1.24. The summed E-state index contributed by atoms with van der Waals surface area (Å²) in [5.74, 6) is 1.18. The maximum Gasteiger partial charge on any atom is 0.418 e. The average molecular weight is 259 g/mol. The van der Waals surface area contributed by atoms with Gasteiger partial charge in [0.05, 0.1) is 0 Å². The molecule has 1 heterocycles. The SMILES string of the molecule is CC(C)(C)OC(=O)n1cc(CS)c(CS)c1. The summed E-state index contributed by atoms with van der Waals surface area (Å²) in [5, 5.41) is 0. The van der Waals surface area contributed by atoms with Crippen molar-refractivity contribution in [2.75, 3.05) is 0 Å². The molecule has 0 aliphatic rings. The van der Waals surface area contributed by atoms with Crippen molar-refractivity contribution in [3.8, 4) is 0 Å². The summed E-state index contributed by atoms with van der Waals surface area (Å²) in [5.41, 5.74) is 1.53. The molecule has 0 saturated heterocycles. The Labute approximate surface area is 107 Å². The van der Waals surface area contributed by atoms with Crippen LogP contribution in [-0.4, -0.2) is 16.3 Å². The molecule has 16 heavy (non-hydrogen) atoms. The van der Waals surface area contributed by atoms with E-state index >= 15 is 0 Å². The number of carbonyl (C=O) groups excluding carboxylic acids is 1. The summed E-state index contributed by atoms with van der Waals surface area (Å²) in [6.07, 6.45) is 3.11. The van der Waals surface area contributed by atoms with E-state index in [9.17, 15) is 4.79 Å². The molecule has 1 aromatic rings. The maximum atomic E-state index is 11.7. The van der Waals surface area contributed by atoms with Gasteiger partial charge in [-0.1, -0.05) is 0 Å². The first-order valence-electron chi connectivity index (χ1n) is 5.02. The highest BCUT2D eigenvalue weighted by molar-refractivity contribution is 7.79. The van der Waals surface area contributed by atoms with E-state index in [0.717, 1.165) is 11.1 Å². The molecule has 1 aromatic heterocycles. The van der Waals surface area contributed by atoms with Crippen molar-refractivity contribution in [1.82, 2.24) is 4.57 Å². The van der Waals surface area contributed by atoms with Gasteiger partial charge in [-0.15, -0.1) is 0 Å². The monoisotopic (exact) mass is 259 g/mol. The summed E-state index contributed by atoms with van der Waals surface area (Å²) >= 11 is 8.40. The fraction of sp³-hybridized carbons (Fsp3) is 0.545. The van der Waals surface area contributed by atoms with E-state index < -0.39 is 5.60 Å². The van der Waals surface area contributed by atoms with Crippen LogP contribution in [0.5, 0.6) is 0 Å². The minimum absolute atomic E-state index is 0.372. The molecule has 0 atom stereocenters. The Morgan fingerprint density at radius 1 is 1.25 bits per heavy atom. The first-order valence-corrected chi connectivity index (χ1v) is 6.28. The van der Waals surface area contributed by atoms with Crippen LogP contribution < -0.4 is 0 Å². The van der Waals surface area contributed by atoms with E-state index in [2.05, 4.69) is 25.3 Å². The van der Waals surface area contributed by atoms with Crippen LogP contribution in [-0.2, 0) is 16.2 Å². The standard InChI is InChI=1S/C11H17NO2S2/c1-11(2,3)14-10(13)12-4-8(6-15)9(5-12)7-16/h4-5,15-16H,6-7H2,1-3H3. The molecule has 3 nitrogen and oxygen atoms in total. The molecule has 0 N–H and O–H groups in total. The number of carbonyl (C=O) groups is 1. The number of aromatic nitrogens is 1. The second-order valence-corrected chi connectivity index (χ2v) is 5.14. The molecule has 0 spiro atoms. The Morgan fingerprint density at radius 2 is 1.69 bits per heavy atom. The minimum atomic E-state index is -0.483. The van der Waals surface area contributed by atoms with Crippen LogP contribution in [0.4, 0.5) is 4.79 Å². The average Bonchev–Trinajstić information content (AvgIpc) is 2.57. The Kier molecular flexibility index (Phi) is 4.38. The number of hydrogen-bond donors (Lipinski definition) is 2. The molecule has 0 amide bonds. The highest BCUT2D eigenvalue weighted by atomic mass is 32.1. The second kappa shape index (κ2) is 5.19. The van der Waals surface area contributed by atoms with Crippen molar-refractivity contribution in [1.29, 1.82) is 0 Å². The number of hydrogen-bond acceptors (Lipinski definition) is 4. The van der Waals surface area contributed by atoms with E-state index in [-0.39, 0.29) is 6.09 Å². The molecular weight excluding hydrogens is 242 g/mol. The molecule has 0 aliphatic heterocycles. The lowest BCUT2D eigenvalue weighted by molar-refractivity contribution is 0.0537. The smallest absolute Gasteiger partial charge is 0.418 e. The van der Waals surface area contributed by atoms with E-state index in [1.165, 1.54) is 4.57 Å². The van der Waals surface area contributed by atoms with E-state index in [1.807, 2.05) is 20.8 Å². The van der Waals surface area contributed by atoms with Gasteiger partial charge < -0.3 is 4.74 Å². The zero-order valence-corrected chi connectivity index (χ0v) is 11.5. The summed E-state index contributed by atoms with van der Waals surface area (Å²) < 4.78 is 6.70. The Morgan fingerprint density at radius 3 is 2.00 bits per heavy atom. The molecular formula is C11H17NO2S2. The molecule has 0 saturated carbocycles. The zero-order chi connectivity index (χ0) is 12.3. The fourth-order valence-corrected chi connectivity index (χ4v) is 1.81. The van der Waals surface area contributed by atoms with Gasteiger partial charge in [0.15, 0.2) is 0 Å². The van der Waals surface area contributed by atoms with Gasteiger partial charge in [-0.2, -0.15) is 25.3 Å². The van der Waals surface area contributed by atoms with Crippen LogP contribution in [0.2, 0.25) is 0 Å². The molecule has 0 unspecified atom stereocenters. The van der Waals surface area contributed by atoms with Crippen molar-refractivity contribution in [2.45, 2.75) is 37.9 Å². The van der Waals surface area contributed by atoms with Crippen molar-refractivity contribution in [2.24, 2.45) is 0 Å². The minimum Gasteiger partial charge on any atom is -0.443 e. The van der Waals surface area contributed by atoms with Crippen molar-refractivity contribution < 1.29 is 9.53 Å². The van der Waals surface area contributed by atoms with Crippen LogP contribution in [0.15, 0.2) is 12.4 Å². The summed E-state index contributed by atoms with van der Waals surface area (Å²) in [7, 11) is 0. The van der Waals surface area contributed by atoms with Gasteiger partial charge in [0, 0.05) is 23.9 Å². The first kappa shape index (κ1) is 13.5. The van der Waals surface area contributed by atoms with E-state index in [1.54, 1.807) is 12.4 Å². The normalized spacial score (nSPS) is 11.6. The van der Waals surface area contributed by atoms with Gasteiger partial charge in [-0.3, -0.25) is 4.57 Å². The summed E-state index contributed by atoms with van der Waals surface area (Å²) in [4.78, 5) is 11.7. The molecule has 5 heteroatoms. The van der Waals surface area contributed by atoms with E-state index in [4.69, 9.17) is 4.74 Å². The van der Waals surface area contributed by atoms with Gasteiger partial charge in [0.25, 0.3) is 0 Å². The third-order valence-electron chi connectivity index (χ3n) is 1.95. The third-order valence-corrected chi connectivity index (χ3v) is 2.63. The quantitative estimate of drug-likeness (QED) is 0.800. The molecule has 0 aromatic carbocycles. The lowest BCUT2D eigenvalue weighted by Crippen LogP contribution is -2.26. The van der Waals surface area contributed by atoms with E-state index in [0.29, 0.717) is 11.5 Å². The van der Waals surface area contributed by atoms with Gasteiger partial charge in [-0.25, -0.2) is 4.79 Å². The lowest BCUT2D eigenvalue weighted by Gasteiger charge is -2.19. The predicted molar refractivity (Wildman–Crippen MR) is 71.4 cm³/mol. The third kappa shape index (κ3) is 3.49. The Balaban J connectivity index is 2.88. The molecule has 0 radical (unpaired) electrons. The first-order chi connectivity index (χ1) is 7.37. The Hall–Kier alpha value is -0.550.